The fourth-order valence-corrected chi connectivity index (χ4v) is 5.70. The summed E-state index contributed by atoms with van der Waals surface area (Å²) in [6, 6.07) is 20.2. The number of hydrogen-bond donors (Lipinski definition) is 2. The average molecular weight is 561 g/mol. The summed E-state index contributed by atoms with van der Waals surface area (Å²) in [7, 11) is 3.34. The molecule has 3 aromatic carbocycles. The molecule has 3 aromatic rings. The third-order valence-corrected chi connectivity index (χ3v) is 8.15. The molecule has 8 heteroatoms. The molecule has 0 aromatic heterocycles. The number of nitrogens with zero attached hydrogens (tertiary/aromatic N) is 1. The quantitative estimate of drug-likeness (QED) is 0.393. The summed E-state index contributed by atoms with van der Waals surface area (Å²) >= 11 is 0. The maximum Gasteiger partial charge on any atom is 0.217 e. The summed E-state index contributed by atoms with van der Waals surface area (Å²) in [6.45, 7) is 6.69. The summed E-state index contributed by atoms with van der Waals surface area (Å²) in [5, 5.41) is 12.4. The fraction of sp³-hybridized carbons (Fsp3) is 0.424. The molecule has 0 radical (unpaired) electrons. The summed E-state index contributed by atoms with van der Waals surface area (Å²) in [4.78, 5) is 13.8. The molecule has 218 valence electrons. The van der Waals surface area contributed by atoms with Crippen LogP contribution in [-0.2, 0) is 40.4 Å². The van der Waals surface area contributed by atoms with E-state index in [1.165, 1.54) is 18.1 Å². The number of nitrogens with one attached hydrogen (secondary N) is 1. The Kier molecular flexibility index (Phi) is 9.25. The van der Waals surface area contributed by atoms with E-state index < -0.39 is 6.29 Å². The lowest BCUT2D eigenvalue weighted by molar-refractivity contribution is -0.276. The molecule has 4 atom stereocenters. The lowest BCUT2D eigenvalue weighted by Gasteiger charge is -2.43. The van der Waals surface area contributed by atoms with E-state index in [0.717, 1.165) is 59.8 Å². The maximum absolute atomic E-state index is 11.3. The van der Waals surface area contributed by atoms with E-state index in [0.29, 0.717) is 6.54 Å². The van der Waals surface area contributed by atoms with Gasteiger partial charge in [0, 0.05) is 44.6 Å². The topological polar surface area (TPSA) is 89.5 Å². The van der Waals surface area contributed by atoms with Gasteiger partial charge in [0.1, 0.15) is 0 Å². The molecule has 0 bridgehead atoms. The van der Waals surface area contributed by atoms with Gasteiger partial charge in [-0.25, -0.2) is 0 Å². The van der Waals surface area contributed by atoms with Crippen molar-refractivity contribution >= 4 is 5.91 Å². The zero-order valence-corrected chi connectivity index (χ0v) is 24.3. The number of hydrogen-bond acceptors (Lipinski definition) is 7. The van der Waals surface area contributed by atoms with Gasteiger partial charge in [-0.2, -0.15) is 0 Å². The van der Waals surface area contributed by atoms with E-state index in [4.69, 9.17) is 18.9 Å². The molecule has 2 aliphatic rings. The fourth-order valence-electron chi connectivity index (χ4n) is 5.70. The second kappa shape index (κ2) is 13.0. The number of benzene rings is 3. The molecule has 8 nitrogen and oxygen atoms in total. The van der Waals surface area contributed by atoms with Gasteiger partial charge in [-0.05, 0) is 46.4 Å². The highest BCUT2D eigenvalue weighted by atomic mass is 16.7. The van der Waals surface area contributed by atoms with E-state index in [1.54, 1.807) is 14.2 Å². The lowest BCUT2D eigenvalue weighted by Crippen LogP contribution is -2.45. The molecular formula is C33H40N2O6. The molecule has 0 saturated carbocycles. The Morgan fingerprint density at radius 2 is 1.59 bits per heavy atom. The van der Waals surface area contributed by atoms with Crippen molar-refractivity contribution in [3.05, 3.63) is 94.0 Å². The normalized spacial score (nSPS) is 22.6. The van der Waals surface area contributed by atoms with Crippen molar-refractivity contribution in [3.63, 3.8) is 0 Å². The van der Waals surface area contributed by atoms with Crippen LogP contribution in [0.3, 0.4) is 0 Å². The van der Waals surface area contributed by atoms with Gasteiger partial charge in [0.15, 0.2) is 17.8 Å². The Morgan fingerprint density at radius 1 is 0.951 bits per heavy atom. The minimum absolute atomic E-state index is 0.00759. The number of methoxy groups -OCH3 is 2. The number of rotatable bonds is 9. The van der Waals surface area contributed by atoms with Crippen molar-refractivity contribution < 1.29 is 28.8 Å². The van der Waals surface area contributed by atoms with Crippen LogP contribution in [0.15, 0.2) is 60.7 Å². The molecule has 41 heavy (non-hydrogen) atoms. The highest BCUT2D eigenvalue weighted by Gasteiger charge is 2.39. The monoisotopic (exact) mass is 560 g/mol. The second-order valence-electron chi connectivity index (χ2n) is 10.9. The van der Waals surface area contributed by atoms with Crippen molar-refractivity contribution in [2.45, 2.75) is 58.5 Å². The van der Waals surface area contributed by atoms with Crippen molar-refractivity contribution in [2.75, 3.05) is 27.3 Å². The Morgan fingerprint density at radius 3 is 2.22 bits per heavy atom. The first-order chi connectivity index (χ1) is 19.9. The Bertz CT molecular complexity index is 1330. The number of amides is 1. The van der Waals surface area contributed by atoms with Crippen molar-refractivity contribution in [2.24, 2.45) is 5.92 Å². The van der Waals surface area contributed by atoms with Crippen LogP contribution in [0.1, 0.15) is 59.6 Å². The van der Waals surface area contributed by atoms with Gasteiger partial charge in [0.2, 0.25) is 5.91 Å². The second-order valence-corrected chi connectivity index (χ2v) is 10.9. The molecular weight excluding hydrogens is 520 g/mol. The number of carbonyl (C=O) groups is 1. The Hall–Kier alpha value is -3.43. The number of aliphatic hydroxyl groups excluding tert-OH is 1. The van der Waals surface area contributed by atoms with Gasteiger partial charge in [-0.15, -0.1) is 0 Å². The smallest absolute Gasteiger partial charge is 0.217 e. The van der Waals surface area contributed by atoms with Crippen LogP contribution in [-0.4, -0.2) is 49.3 Å². The predicted molar refractivity (Wildman–Crippen MR) is 155 cm³/mol. The lowest BCUT2D eigenvalue weighted by atomic mass is 9.89. The first-order valence-corrected chi connectivity index (χ1v) is 14.2. The maximum atomic E-state index is 11.3. The van der Waals surface area contributed by atoms with Gasteiger partial charge < -0.3 is 29.4 Å². The van der Waals surface area contributed by atoms with Crippen LogP contribution in [0.25, 0.3) is 0 Å². The number of aliphatic hydroxyl groups is 1. The van der Waals surface area contributed by atoms with E-state index >= 15 is 0 Å². The zero-order valence-electron chi connectivity index (χ0n) is 24.3. The third kappa shape index (κ3) is 6.73. The molecule has 2 heterocycles. The van der Waals surface area contributed by atoms with Crippen LogP contribution in [0, 0.1) is 5.92 Å². The molecule has 2 aliphatic heterocycles. The van der Waals surface area contributed by atoms with Crippen LogP contribution in [0.4, 0.5) is 0 Å². The molecule has 2 N–H and O–H groups in total. The highest BCUT2D eigenvalue weighted by molar-refractivity contribution is 5.72. The zero-order chi connectivity index (χ0) is 28.9. The molecule has 0 aliphatic carbocycles. The summed E-state index contributed by atoms with van der Waals surface area (Å²) in [6.07, 6.45) is 0.150. The minimum Gasteiger partial charge on any atom is -0.493 e. The number of ether oxygens (including phenoxy) is 4. The molecule has 1 fully saturated rings. The summed E-state index contributed by atoms with van der Waals surface area (Å²) in [5.41, 5.74) is 6.42. The molecule has 1 amide bonds. The first-order valence-electron chi connectivity index (χ1n) is 14.2. The number of carbonyl (C=O) groups excluding carboxylic acids is 1. The summed E-state index contributed by atoms with van der Waals surface area (Å²) in [5.74, 6) is 1.55. The van der Waals surface area contributed by atoms with Gasteiger partial charge in [-0.1, -0.05) is 55.5 Å². The average Bonchev–Trinajstić information content (AvgIpc) is 3.00. The Labute approximate surface area is 242 Å². The SMILES string of the molecule is COc1cc2c(cc1OC)CN(C[C@@H]1O[C@H](c3ccc(CNC(C)=O)cc3)O[C@H](c3ccc(CO)cc3)[C@@H]1C)CC2. The molecule has 1 saturated heterocycles. The van der Waals surface area contributed by atoms with Crippen LogP contribution in [0.2, 0.25) is 0 Å². The first kappa shape index (κ1) is 29.1. The van der Waals surface area contributed by atoms with Crippen molar-refractivity contribution in [1.29, 1.82) is 0 Å². The highest BCUT2D eigenvalue weighted by Crippen LogP contribution is 2.42. The van der Waals surface area contributed by atoms with E-state index in [9.17, 15) is 9.90 Å². The van der Waals surface area contributed by atoms with Gasteiger partial charge in [0.05, 0.1) is 33.0 Å². The Balaban J connectivity index is 1.37. The van der Waals surface area contributed by atoms with Crippen LogP contribution >= 0.6 is 0 Å². The molecule has 0 unspecified atom stereocenters. The number of fused-ring (bicyclic) bond motifs is 1. The van der Waals surface area contributed by atoms with Gasteiger partial charge >= 0.3 is 0 Å². The summed E-state index contributed by atoms with van der Waals surface area (Å²) < 4.78 is 24.4. The standard InChI is InChI=1S/C33H40N2O6/c1-21-31(19-35-14-13-27-15-29(38-3)30(39-4)16-28(27)18-35)40-33(26-11-5-23(6-12-26)17-34-22(2)37)41-32(21)25-9-7-24(20-36)8-10-25/h5-12,15-16,21,31-33,36H,13-14,17-20H2,1-4H3,(H,34,37)/t21-,31+,32+,33+/m1/s1. The molecule has 0 spiro atoms. The van der Waals surface area contributed by atoms with E-state index in [1.807, 2.05) is 48.5 Å². The predicted octanol–water partition coefficient (Wildman–Crippen LogP) is 4.68. The molecule has 5 rings (SSSR count). The van der Waals surface area contributed by atoms with Gasteiger partial charge in [-0.3, -0.25) is 9.69 Å². The largest absolute Gasteiger partial charge is 0.493 e. The van der Waals surface area contributed by atoms with Crippen LogP contribution in [0.5, 0.6) is 11.5 Å². The van der Waals surface area contributed by atoms with E-state index in [-0.39, 0.29) is 30.6 Å². The third-order valence-electron chi connectivity index (χ3n) is 8.15. The van der Waals surface area contributed by atoms with Crippen molar-refractivity contribution in [3.8, 4) is 11.5 Å². The van der Waals surface area contributed by atoms with E-state index in [2.05, 4.69) is 29.3 Å². The van der Waals surface area contributed by atoms with Gasteiger partial charge in [0.25, 0.3) is 0 Å². The van der Waals surface area contributed by atoms with Crippen molar-refractivity contribution in [1.82, 2.24) is 10.2 Å². The van der Waals surface area contributed by atoms with Crippen LogP contribution < -0.4 is 14.8 Å². The minimum atomic E-state index is -0.532.